The average molecular weight is 315 g/mol. The Morgan fingerprint density at radius 1 is 1.20 bits per heavy atom. The topological polar surface area (TPSA) is 97.1 Å². The predicted molar refractivity (Wildman–Crippen MR) is 80.8 cm³/mol. The second kappa shape index (κ2) is 7.78. The third-order valence-electron chi connectivity index (χ3n) is 2.41. The summed E-state index contributed by atoms with van der Waals surface area (Å²) in [6.45, 7) is 0.169. The molecule has 0 aliphatic carbocycles. The zero-order valence-corrected chi connectivity index (χ0v) is 12.2. The third kappa shape index (κ3) is 4.44. The fourth-order valence-electron chi connectivity index (χ4n) is 1.48. The van der Waals surface area contributed by atoms with Gasteiger partial charge in [0.15, 0.2) is 0 Å². The van der Waals surface area contributed by atoms with Gasteiger partial charge in [-0.2, -0.15) is 0 Å². The van der Waals surface area contributed by atoms with E-state index < -0.39 is 0 Å². The first-order valence-electron chi connectivity index (χ1n) is 5.77. The number of benzene rings is 1. The molecule has 108 valence electrons. The van der Waals surface area contributed by atoms with Gasteiger partial charge in [0, 0.05) is 0 Å². The van der Waals surface area contributed by atoms with Crippen molar-refractivity contribution in [2.75, 3.05) is 13.1 Å². The molecule has 1 aromatic heterocycles. The SMILES string of the molecule is Cl.NCC(=O)NCC(=O)NCc1nc2ccccc2s1. The lowest BCUT2D eigenvalue weighted by atomic mass is 10.3. The van der Waals surface area contributed by atoms with Crippen LogP contribution in [0.2, 0.25) is 0 Å². The summed E-state index contributed by atoms with van der Waals surface area (Å²) in [5.74, 6) is -0.615. The molecule has 8 heteroatoms. The molecule has 0 atom stereocenters. The molecule has 0 fully saturated rings. The van der Waals surface area contributed by atoms with E-state index in [-0.39, 0.29) is 37.3 Å². The molecule has 4 N–H and O–H groups in total. The Labute approximate surface area is 126 Å². The van der Waals surface area contributed by atoms with E-state index in [1.807, 2.05) is 24.3 Å². The van der Waals surface area contributed by atoms with Crippen molar-refractivity contribution in [3.8, 4) is 0 Å². The van der Waals surface area contributed by atoms with Gasteiger partial charge in [-0.15, -0.1) is 23.7 Å². The van der Waals surface area contributed by atoms with Crippen LogP contribution in [0.3, 0.4) is 0 Å². The summed E-state index contributed by atoms with van der Waals surface area (Å²) in [6.07, 6.45) is 0. The molecule has 0 saturated heterocycles. The van der Waals surface area contributed by atoms with Crippen LogP contribution < -0.4 is 16.4 Å². The van der Waals surface area contributed by atoms with E-state index in [4.69, 9.17) is 5.73 Å². The number of hydrogen-bond acceptors (Lipinski definition) is 5. The lowest BCUT2D eigenvalue weighted by Gasteiger charge is -2.04. The average Bonchev–Trinajstić information content (AvgIpc) is 2.85. The molecule has 1 aromatic carbocycles. The van der Waals surface area contributed by atoms with E-state index in [1.165, 1.54) is 11.3 Å². The van der Waals surface area contributed by atoms with Gasteiger partial charge in [-0.05, 0) is 12.1 Å². The molecule has 0 saturated carbocycles. The molecule has 6 nitrogen and oxygen atoms in total. The number of fused-ring (bicyclic) bond motifs is 1. The van der Waals surface area contributed by atoms with Crippen molar-refractivity contribution in [3.05, 3.63) is 29.3 Å². The quantitative estimate of drug-likeness (QED) is 0.744. The second-order valence-electron chi connectivity index (χ2n) is 3.83. The molecule has 0 aliphatic heterocycles. The molecular weight excluding hydrogens is 300 g/mol. The predicted octanol–water partition coefficient (Wildman–Crippen LogP) is 0.409. The minimum Gasteiger partial charge on any atom is -0.348 e. The molecule has 0 radical (unpaired) electrons. The minimum atomic E-state index is -0.352. The largest absolute Gasteiger partial charge is 0.348 e. The molecule has 0 bridgehead atoms. The molecule has 0 unspecified atom stereocenters. The Bertz CT molecular complexity index is 569. The highest BCUT2D eigenvalue weighted by Gasteiger charge is 2.06. The number of amides is 2. The Morgan fingerprint density at radius 2 is 1.95 bits per heavy atom. The Hall–Kier alpha value is -1.70. The molecule has 1 heterocycles. The Kier molecular flexibility index (Phi) is 6.37. The van der Waals surface area contributed by atoms with E-state index in [2.05, 4.69) is 15.6 Å². The summed E-state index contributed by atoms with van der Waals surface area (Å²) in [5, 5.41) is 5.93. The monoisotopic (exact) mass is 314 g/mol. The number of halogens is 1. The molecule has 0 aliphatic rings. The molecule has 2 amide bonds. The smallest absolute Gasteiger partial charge is 0.239 e. The van der Waals surface area contributed by atoms with Gasteiger partial charge in [0.25, 0.3) is 0 Å². The van der Waals surface area contributed by atoms with Crippen molar-refractivity contribution in [3.63, 3.8) is 0 Å². The van der Waals surface area contributed by atoms with Crippen LogP contribution in [0.15, 0.2) is 24.3 Å². The van der Waals surface area contributed by atoms with E-state index >= 15 is 0 Å². The highest BCUT2D eigenvalue weighted by molar-refractivity contribution is 7.18. The van der Waals surface area contributed by atoms with E-state index in [9.17, 15) is 9.59 Å². The van der Waals surface area contributed by atoms with E-state index in [0.717, 1.165) is 15.2 Å². The van der Waals surface area contributed by atoms with Crippen molar-refractivity contribution in [1.29, 1.82) is 0 Å². The number of carbonyl (C=O) groups excluding carboxylic acids is 2. The van der Waals surface area contributed by atoms with Gasteiger partial charge in [0.05, 0.1) is 29.9 Å². The summed E-state index contributed by atoms with van der Waals surface area (Å²) in [5.41, 5.74) is 6.04. The number of nitrogens with two attached hydrogens (primary N) is 1. The van der Waals surface area contributed by atoms with Gasteiger partial charge < -0.3 is 16.4 Å². The van der Waals surface area contributed by atoms with Crippen LogP contribution in [0, 0.1) is 0 Å². The lowest BCUT2D eigenvalue weighted by Crippen LogP contribution is -2.39. The first-order valence-corrected chi connectivity index (χ1v) is 6.58. The number of aromatic nitrogens is 1. The van der Waals surface area contributed by atoms with Crippen molar-refractivity contribution < 1.29 is 9.59 Å². The van der Waals surface area contributed by atoms with Crippen molar-refractivity contribution in [1.82, 2.24) is 15.6 Å². The van der Waals surface area contributed by atoms with Crippen molar-refractivity contribution in [2.45, 2.75) is 6.54 Å². The van der Waals surface area contributed by atoms with Crippen LogP contribution in [-0.4, -0.2) is 29.9 Å². The molecule has 20 heavy (non-hydrogen) atoms. The first kappa shape index (κ1) is 16.4. The summed E-state index contributed by atoms with van der Waals surface area (Å²) in [6, 6.07) is 7.79. The third-order valence-corrected chi connectivity index (χ3v) is 3.44. The van der Waals surface area contributed by atoms with Gasteiger partial charge in [-0.1, -0.05) is 12.1 Å². The highest BCUT2D eigenvalue weighted by atomic mass is 35.5. The van der Waals surface area contributed by atoms with Crippen LogP contribution in [-0.2, 0) is 16.1 Å². The summed E-state index contributed by atoms with van der Waals surface area (Å²) >= 11 is 1.53. The Morgan fingerprint density at radius 3 is 2.65 bits per heavy atom. The van der Waals surface area contributed by atoms with Gasteiger partial charge in [0.1, 0.15) is 5.01 Å². The summed E-state index contributed by atoms with van der Waals surface area (Å²) in [4.78, 5) is 26.7. The molecular formula is C12H15ClN4O2S. The Balaban J connectivity index is 0.00000200. The number of carbonyl (C=O) groups is 2. The van der Waals surface area contributed by atoms with Crippen molar-refractivity contribution >= 4 is 45.8 Å². The van der Waals surface area contributed by atoms with Crippen LogP contribution in [0.1, 0.15) is 5.01 Å². The standard InChI is InChI=1S/C12H14N4O2S.ClH/c13-5-10(17)14-6-11(18)15-7-12-16-8-3-1-2-4-9(8)19-12;/h1-4H,5-7,13H2,(H,14,17)(H,15,18);1H. The number of nitrogens with one attached hydrogen (secondary N) is 2. The first-order chi connectivity index (χ1) is 9.19. The lowest BCUT2D eigenvalue weighted by molar-refractivity contribution is -0.125. The molecule has 2 rings (SSSR count). The van der Waals surface area contributed by atoms with Crippen LogP contribution in [0.5, 0.6) is 0 Å². The maximum absolute atomic E-state index is 11.5. The maximum Gasteiger partial charge on any atom is 0.239 e. The molecule has 2 aromatic rings. The second-order valence-corrected chi connectivity index (χ2v) is 4.95. The fraction of sp³-hybridized carbons (Fsp3) is 0.250. The highest BCUT2D eigenvalue weighted by Crippen LogP contribution is 2.21. The summed E-state index contributed by atoms with van der Waals surface area (Å²) < 4.78 is 1.09. The van der Waals surface area contributed by atoms with Crippen LogP contribution >= 0.6 is 23.7 Å². The van der Waals surface area contributed by atoms with E-state index in [0.29, 0.717) is 6.54 Å². The zero-order valence-electron chi connectivity index (χ0n) is 10.6. The van der Waals surface area contributed by atoms with Crippen LogP contribution in [0.4, 0.5) is 0 Å². The number of rotatable bonds is 5. The number of hydrogen-bond donors (Lipinski definition) is 3. The van der Waals surface area contributed by atoms with Gasteiger partial charge in [0.2, 0.25) is 11.8 Å². The van der Waals surface area contributed by atoms with Crippen molar-refractivity contribution in [2.24, 2.45) is 5.73 Å². The van der Waals surface area contributed by atoms with Gasteiger partial charge >= 0.3 is 0 Å². The molecule has 0 spiro atoms. The normalized spacial score (nSPS) is 9.85. The summed E-state index contributed by atoms with van der Waals surface area (Å²) in [7, 11) is 0. The number of para-hydroxylation sites is 1. The maximum atomic E-state index is 11.5. The number of thiazole rings is 1. The zero-order chi connectivity index (χ0) is 13.7. The fourth-order valence-corrected chi connectivity index (χ4v) is 2.39. The van der Waals surface area contributed by atoms with E-state index in [1.54, 1.807) is 0 Å². The van der Waals surface area contributed by atoms with Crippen LogP contribution in [0.25, 0.3) is 10.2 Å². The minimum absolute atomic E-state index is 0. The number of nitrogens with zero attached hydrogens (tertiary/aromatic N) is 1. The van der Waals surface area contributed by atoms with Gasteiger partial charge in [-0.25, -0.2) is 4.98 Å². The van der Waals surface area contributed by atoms with Gasteiger partial charge in [-0.3, -0.25) is 9.59 Å².